The highest BCUT2D eigenvalue weighted by Gasteiger charge is 2.36. The molecule has 4 aromatic heterocycles. The molecule has 1 aliphatic carbocycles. The Morgan fingerprint density at radius 1 is 0.449 bits per heavy atom. The van der Waals surface area contributed by atoms with Gasteiger partial charge in [-0.05, 0) is 110 Å². The molecular formula is C65H52N4. The van der Waals surface area contributed by atoms with E-state index in [-0.39, 0.29) is 5.41 Å². The molecule has 0 bridgehead atoms. The van der Waals surface area contributed by atoms with Crippen LogP contribution in [0, 0.1) is 0 Å². The Morgan fingerprint density at radius 3 is 1.52 bits per heavy atom. The molecule has 0 spiro atoms. The quantitative estimate of drug-likeness (QED) is 0.128. The Labute approximate surface area is 403 Å². The number of nitrogens with zero attached hydrogens (tertiary/aromatic N) is 4. The van der Waals surface area contributed by atoms with Crippen molar-refractivity contribution < 1.29 is 0 Å². The highest BCUT2D eigenvalue weighted by molar-refractivity contribution is 6.12. The summed E-state index contributed by atoms with van der Waals surface area (Å²) in [4.78, 5) is 10.2. The van der Waals surface area contributed by atoms with Gasteiger partial charge in [-0.3, -0.25) is 0 Å². The van der Waals surface area contributed by atoms with Gasteiger partial charge >= 0.3 is 0 Å². The van der Waals surface area contributed by atoms with Crippen molar-refractivity contribution >= 4 is 49.3 Å². The second-order valence-electron chi connectivity index (χ2n) is 18.5. The van der Waals surface area contributed by atoms with Crippen molar-refractivity contribution in [3.05, 3.63) is 242 Å². The van der Waals surface area contributed by atoms with E-state index in [0.29, 0.717) is 0 Å². The summed E-state index contributed by atoms with van der Waals surface area (Å²) in [5.74, 6) is 0. The van der Waals surface area contributed by atoms with Gasteiger partial charge in [0.15, 0.2) is 0 Å². The first-order chi connectivity index (χ1) is 34.1. The van der Waals surface area contributed by atoms with Gasteiger partial charge in [0.2, 0.25) is 0 Å². The average Bonchev–Trinajstić information content (AvgIpc) is 3.94. The van der Waals surface area contributed by atoms with Gasteiger partial charge in [0.1, 0.15) is 0 Å². The summed E-state index contributed by atoms with van der Waals surface area (Å²) in [5, 5.41) is 4.90. The lowest BCUT2D eigenvalue weighted by atomic mass is 9.64. The molecule has 0 atom stereocenters. The predicted molar refractivity (Wildman–Crippen MR) is 291 cm³/mol. The summed E-state index contributed by atoms with van der Waals surface area (Å²) in [6.07, 6.45) is 12.6. The lowest BCUT2D eigenvalue weighted by molar-refractivity contribution is 0.345. The first kappa shape index (κ1) is 42.0. The number of allylic oxidation sites excluding steroid dienone is 5. The minimum Gasteiger partial charge on any atom is -0.313 e. The number of rotatable bonds is 10. The second-order valence-corrected chi connectivity index (χ2v) is 18.5. The molecule has 0 aliphatic heterocycles. The van der Waals surface area contributed by atoms with Crippen molar-refractivity contribution in [3.8, 4) is 50.7 Å². The molecule has 7 aromatic carbocycles. The summed E-state index contributed by atoms with van der Waals surface area (Å²) < 4.78 is 4.83. The molecular weight excluding hydrogens is 837 g/mol. The molecule has 69 heavy (non-hydrogen) atoms. The van der Waals surface area contributed by atoms with Crippen LogP contribution in [-0.4, -0.2) is 19.1 Å². The Balaban J connectivity index is 0.890. The SMILES string of the molecule is C=C/C(=C\C=C(/C)n1c2ccccc2c2cc(-c3cccc(-c4ccccc4)n3)ccc21)C1(c2ccc(-n3c4ccccc4c4cc(-c5cccc(-c6ccccc6)n5)ccc43)cc2)CCCCC1. The molecule has 0 radical (unpaired) electrons. The molecule has 0 N–H and O–H groups in total. The van der Waals surface area contributed by atoms with Crippen molar-refractivity contribution in [1.29, 1.82) is 0 Å². The van der Waals surface area contributed by atoms with E-state index < -0.39 is 0 Å². The van der Waals surface area contributed by atoms with Crippen LogP contribution in [0.2, 0.25) is 0 Å². The van der Waals surface area contributed by atoms with Crippen molar-refractivity contribution in [2.75, 3.05) is 0 Å². The van der Waals surface area contributed by atoms with Gasteiger partial charge in [-0.25, -0.2) is 9.97 Å². The predicted octanol–water partition coefficient (Wildman–Crippen LogP) is 17.2. The van der Waals surface area contributed by atoms with E-state index >= 15 is 0 Å². The van der Waals surface area contributed by atoms with Crippen LogP contribution in [-0.2, 0) is 5.41 Å². The maximum atomic E-state index is 5.10. The lowest BCUT2D eigenvalue weighted by Crippen LogP contribution is -2.30. The van der Waals surface area contributed by atoms with Crippen LogP contribution in [0.4, 0.5) is 0 Å². The summed E-state index contributed by atoms with van der Waals surface area (Å²) in [5.41, 5.74) is 17.9. The number of pyridine rings is 2. The summed E-state index contributed by atoms with van der Waals surface area (Å²) in [6.45, 7) is 6.70. The fraction of sp³-hybridized carbons (Fsp3) is 0.108. The maximum Gasteiger partial charge on any atom is 0.0709 e. The number of fused-ring (bicyclic) bond motifs is 6. The van der Waals surface area contributed by atoms with E-state index in [1.54, 1.807) is 0 Å². The van der Waals surface area contributed by atoms with Gasteiger partial charge in [0.05, 0.1) is 44.8 Å². The molecule has 4 heterocycles. The molecule has 4 heteroatoms. The summed E-state index contributed by atoms with van der Waals surface area (Å²) in [6, 6.07) is 74.0. The molecule has 1 saturated carbocycles. The third kappa shape index (κ3) is 7.50. The zero-order valence-electron chi connectivity index (χ0n) is 38.9. The van der Waals surface area contributed by atoms with E-state index in [1.165, 1.54) is 74.0 Å². The number of hydrogen-bond donors (Lipinski definition) is 0. The van der Waals surface area contributed by atoms with Crippen LogP contribution in [0.15, 0.2) is 237 Å². The van der Waals surface area contributed by atoms with E-state index in [2.05, 4.69) is 235 Å². The normalized spacial score (nSPS) is 14.2. The van der Waals surface area contributed by atoms with Crippen molar-refractivity contribution in [2.24, 2.45) is 0 Å². The maximum absolute atomic E-state index is 5.10. The molecule has 0 unspecified atom stereocenters. The Kier molecular flexibility index (Phi) is 10.8. The fourth-order valence-electron chi connectivity index (χ4n) is 11.2. The van der Waals surface area contributed by atoms with Crippen LogP contribution in [0.1, 0.15) is 44.6 Å². The van der Waals surface area contributed by atoms with Crippen molar-refractivity contribution in [2.45, 2.75) is 44.4 Å². The van der Waals surface area contributed by atoms with Gasteiger partial charge in [0.25, 0.3) is 0 Å². The Bertz CT molecular complexity index is 3770. The van der Waals surface area contributed by atoms with E-state index in [1.807, 2.05) is 12.1 Å². The van der Waals surface area contributed by atoms with Crippen LogP contribution >= 0.6 is 0 Å². The third-order valence-electron chi connectivity index (χ3n) is 14.6. The van der Waals surface area contributed by atoms with Crippen LogP contribution in [0.3, 0.4) is 0 Å². The molecule has 0 saturated heterocycles. The smallest absolute Gasteiger partial charge is 0.0709 e. The molecule has 332 valence electrons. The van der Waals surface area contributed by atoms with Gasteiger partial charge in [0, 0.05) is 60.6 Å². The lowest BCUT2D eigenvalue weighted by Gasteiger charge is -2.39. The summed E-state index contributed by atoms with van der Waals surface area (Å²) in [7, 11) is 0. The van der Waals surface area contributed by atoms with Gasteiger partial charge in [-0.15, -0.1) is 0 Å². The number of aromatic nitrogens is 4. The second kappa shape index (κ2) is 17.7. The number of benzene rings is 7. The number of para-hydroxylation sites is 2. The molecule has 1 aliphatic rings. The van der Waals surface area contributed by atoms with E-state index in [4.69, 9.17) is 9.97 Å². The Morgan fingerprint density at radius 2 is 0.928 bits per heavy atom. The standard InChI is InChI=1S/C65H52N4/c1-3-50(34-31-45(2)68-61-29-13-11-23-53(61)55-43-48(32-39-63(55)68)59-27-17-25-57(66-59)46-19-7-4-8-20-46)65(41-15-6-16-42-65)51-35-37-52(38-36-51)69-62-30-14-12-24-54(62)56-44-49(33-40-64(56)69)60-28-18-26-58(67-60)47-21-9-5-10-22-47/h3-5,7-14,17-40,43-44H,1,6,15-16,41-42H2,2H3/b45-31+,50-34+. The largest absolute Gasteiger partial charge is 0.313 e. The molecule has 1 fully saturated rings. The van der Waals surface area contributed by atoms with Gasteiger partial charge in [-0.1, -0.05) is 171 Å². The summed E-state index contributed by atoms with van der Waals surface area (Å²) >= 11 is 0. The molecule has 0 amide bonds. The molecule has 12 rings (SSSR count). The fourth-order valence-corrected chi connectivity index (χ4v) is 11.2. The van der Waals surface area contributed by atoms with Gasteiger partial charge < -0.3 is 9.13 Å². The van der Waals surface area contributed by atoms with E-state index in [9.17, 15) is 0 Å². The average molecular weight is 889 g/mol. The minimum absolute atomic E-state index is 0.136. The van der Waals surface area contributed by atoms with E-state index in [0.717, 1.165) is 69.3 Å². The number of hydrogen-bond acceptors (Lipinski definition) is 2. The first-order valence-electron chi connectivity index (χ1n) is 24.3. The van der Waals surface area contributed by atoms with Crippen LogP contribution in [0.5, 0.6) is 0 Å². The van der Waals surface area contributed by atoms with Crippen molar-refractivity contribution in [1.82, 2.24) is 19.1 Å². The van der Waals surface area contributed by atoms with Crippen LogP contribution < -0.4 is 0 Å². The first-order valence-corrected chi connectivity index (χ1v) is 24.3. The topological polar surface area (TPSA) is 35.6 Å². The molecule has 11 aromatic rings. The highest BCUT2D eigenvalue weighted by Crippen LogP contribution is 2.47. The third-order valence-corrected chi connectivity index (χ3v) is 14.6. The zero-order valence-corrected chi connectivity index (χ0v) is 38.9. The van der Waals surface area contributed by atoms with Crippen LogP contribution in [0.25, 0.3) is 100 Å². The van der Waals surface area contributed by atoms with Gasteiger partial charge in [-0.2, -0.15) is 0 Å². The monoisotopic (exact) mass is 888 g/mol. The minimum atomic E-state index is -0.136. The molecule has 4 nitrogen and oxygen atoms in total. The van der Waals surface area contributed by atoms with Crippen molar-refractivity contribution in [3.63, 3.8) is 0 Å². The Hall–Kier alpha value is -8.34. The zero-order chi connectivity index (χ0) is 46.3. The highest BCUT2D eigenvalue weighted by atomic mass is 15.0.